The number of hydrogen-bond donors (Lipinski definition) is 2. The van der Waals surface area contributed by atoms with Crippen LogP contribution in [0.2, 0.25) is 0 Å². The van der Waals surface area contributed by atoms with Gasteiger partial charge in [0.25, 0.3) is 0 Å². The normalized spacial score (nSPS) is 26.0. The molecule has 0 amide bonds. The lowest BCUT2D eigenvalue weighted by atomic mass is 10.1. The summed E-state index contributed by atoms with van der Waals surface area (Å²) in [7, 11) is 0. The quantitative estimate of drug-likeness (QED) is 0.909. The van der Waals surface area contributed by atoms with Gasteiger partial charge in [-0.05, 0) is 17.7 Å². The summed E-state index contributed by atoms with van der Waals surface area (Å²) in [5, 5.41) is 18.9. The van der Waals surface area contributed by atoms with E-state index < -0.39 is 12.2 Å². The molecule has 3 atom stereocenters. The SMILES string of the molecule is OC[C@H]1O[C@@H](c2ccc(Cc3ccccc3)s2)C[C@@H]1O. The van der Waals surface area contributed by atoms with Crippen molar-refractivity contribution in [1.29, 1.82) is 0 Å². The maximum Gasteiger partial charge on any atom is 0.107 e. The van der Waals surface area contributed by atoms with Gasteiger partial charge in [0.1, 0.15) is 6.10 Å². The summed E-state index contributed by atoms with van der Waals surface area (Å²) >= 11 is 1.72. The predicted octanol–water partition coefficient (Wildman–Crippen LogP) is 2.52. The molecule has 1 saturated heterocycles. The van der Waals surface area contributed by atoms with Crippen molar-refractivity contribution in [3.05, 3.63) is 57.8 Å². The van der Waals surface area contributed by atoms with Gasteiger partial charge in [-0.2, -0.15) is 0 Å². The van der Waals surface area contributed by atoms with Crippen LogP contribution in [-0.4, -0.2) is 29.0 Å². The fraction of sp³-hybridized carbons (Fsp3) is 0.375. The Morgan fingerprint density at radius 3 is 2.65 bits per heavy atom. The molecule has 0 bridgehead atoms. The summed E-state index contributed by atoms with van der Waals surface area (Å²) in [6, 6.07) is 14.5. The van der Waals surface area contributed by atoms with E-state index in [0.29, 0.717) is 6.42 Å². The van der Waals surface area contributed by atoms with Crippen LogP contribution in [0, 0.1) is 0 Å². The molecule has 20 heavy (non-hydrogen) atoms. The van der Waals surface area contributed by atoms with Gasteiger partial charge in [0, 0.05) is 22.6 Å². The molecule has 106 valence electrons. The third-order valence-corrected chi connectivity index (χ3v) is 4.80. The third-order valence-electron chi connectivity index (χ3n) is 3.62. The first-order chi connectivity index (χ1) is 9.76. The highest BCUT2D eigenvalue weighted by Crippen LogP contribution is 2.36. The van der Waals surface area contributed by atoms with E-state index in [1.807, 2.05) is 18.2 Å². The standard InChI is InChI=1S/C16H18O3S/c17-10-15-13(18)9-14(19-15)16-7-6-12(20-16)8-11-4-2-1-3-5-11/h1-7,13-15,17-18H,8-10H2/t13-,14+,15+/m0/s1. The summed E-state index contributed by atoms with van der Waals surface area (Å²) in [5.41, 5.74) is 1.29. The molecule has 1 aliphatic rings. The molecule has 4 heteroatoms. The minimum atomic E-state index is -0.565. The van der Waals surface area contributed by atoms with Crippen LogP contribution in [0.1, 0.15) is 27.8 Å². The Bertz CT molecular complexity index is 552. The van der Waals surface area contributed by atoms with E-state index in [-0.39, 0.29) is 12.7 Å². The lowest BCUT2D eigenvalue weighted by Crippen LogP contribution is -2.24. The number of ether oxygens (including phenoxy) is 1. The Morgan fingerprint density at radius 2 is 1.95 bits per heavy atom. The Balaban J connectivity index is 1.68. The van der Waals surface area contributed by atoms with Crippen molar-refractivity contribution >= 4 is 11.3 Å². The lowest BCUT2D eigenvalue weighted by molar-refractivity contribution is -0.0216. The van der Waals surface area contributed by atoms with E-state index in [9.17, 15) is 5.11 Å². The van der Waals surface area contributed by atoms with Crippen molar-refractivity contribution < 1.29 is 14.9 Å². The van der Waals surface area contributed by atoms with Crippen LogP contribution < -0.4 is 0 Å². The van der Waals surface area contributed by atoms with Crippen molar-refractivity contribution in [2.75, 3.05) is 6.61 Å². The summed E-state index contributed by atoms with van der Waals surface area (Å²) < 4.78 is 5.68. The Morgan fingerprint density at radius 1 is 1.15 bits per heavy atom. The van der Waals surface area contributed by atoms with E-state index in [2.05, 4.69) is 24.3 Å². The van der Waals surface area contributed by atoms with Crippen LogP contribution in [0.25, 0.3) is 0 Å². The molecule has 0 aliphatic carbocycles. The molecule has 0 saturated carbocycles. The van der Waals surface area contributed by atoms with Crippen molar-refractivity contribution in [1.82, 2.24) is 0 Å². The highest BCUT2D eigenvalue weighted by Gasteiger charge is 2.34. The molecule has 2 aromatic rings. The first-order valence-electron chi connectivity index (χ1n) is 6.83. The van der Waals surface area contributed by atoms with Crippen molar-refractivity contribution in [2.24, 2.45) is 0 Å². The first-order valence-corrected chi connectivity index (χ1v) is 7.65. The summed E-state index contributed by atoms with van der Waals surface area (Å²) in [4.78, 5) is 2.42. The Kier molecular flexibility index (Phi) is 4.17. The van der Waals surface area contributed by atoms with Crippen LogP contribution in [0.5, 0.6) is 0 Å². The van der Waals surface area contributed by atoms with Crippen LogP contribution in [0.4, 0.5) is 0 Å². The molecule has 1 aromatic carbocycles. The number of rotatable bonds is 4. The molecular weight excluding hydrogens is 272 g/mol. The highest BCUT2D eigenvalue weighted by molar-refractivity contribution is 7.12. The van der Waals surface area contributed by atoms with E-state index in [4.69, 9.17) is 9.84 Å². The Hall–Kier alpha value is -1.20. The fourth-order valence-corrected chi connectivity index (χ4v) is 3.63. The monoisotopic (exact) mass is 290 g/mol. The zero-order valence-corrected chi connectivity index (χ0v) is 11.9. The van der Waals surface area contributed by atoms with Gasteiger partial charge in [-0.3, -0.25) is 0 Å². The van der Waals surface area contributed by atoms with Gasteiger partial charge in [0.15, 0.2) is 0 Å². The zero-order valence-electron chi connectivity index (χ0n) is 11.1. The van der Waals surface area contributed by atoms with E-state index >= 15 is 0 Å². The van der Waals surface area contributed by atoms with Crippen LogP contribution in [-0.2, 0) is 11.2 Å². The number of benzene rings is 1. The molecule has 0 unspecified atom stereocenters. The molecular formula is C16H18O3S. The summed E-state index contributed by atoms with van der Waals surface area (Å²) in [6.07, 6.45) is 0.391. The largest absolute Gasteiger partial charge is 0.394 e. The number of aliphatic hydroxyl groups excluding tert-OH is 2. The van der Waals surface area contributed by atoms with E-state index in [1.165, 1.54) is 10.4 Å². The molecule has 0 spiro atoms. The molecule has 0 radical (unpaired) electrons. The van der Waals surface area contributed by atoms with Gasteiger partial charge >= 0.3 is 0 Å². The van der Waals surface area contributed by atoms with Gasteiger partial charge in [0.2, 0.25) is 0 Å². The molecule has 1 aliphatic heterocycles. The average Bonchev–Trinajstić information content (AvgIpc) is 3.06. The van der Waals surface area contributed by atoms with Crippen molar-refractivity contribution in [3.63, 3.8) is 0 Å². The minimum Gasteiger partial charge on any atom is -0.394 e. The van der Waals surface area contributed by atoms with Gasteiger partial charge < -0.3 is 14.9 Å². The second-order valence-electron chi connectivity index (χ2n) is 5.12. The topological polar surface area (TPSA) is 49.7 Å². The zero-order chi connectivity index (χ0) is 13.9. The maximum absolute atomic E-state index is 9.78. The molecule has 1 fully saturated rings. The average molecular weight is 290 g/mol. The number of aliphatic hydroxyl groups is 2. The summed E-state index contributed by atoms with van der Waals surface area (Å²) in [5.74, 6) is 0. The van der Waals surface area contributed by atoms with E-state index in [1.54, 1.807) is 11.3 Å². The predicted molar refractivity (Wildman–Crippen MR) is 78.9 cm³/mol. The third kappa shape index (κ3) is 2.94. The molecule has 2 N–H and O–H groups in total. The van der Waals surface area contributed by atoms with Crippen molar-refractivity contribution in [2.45, 2.75) is 31.2 Å². The number of thiophene rings is 1. The first kappa shape index (κ1) is 13.8. The summed E-state index contributed by atoms with van der Waals surface area (Å²) in [6.45, 7) is -0.125. The molecule has 1 aromatic heterocycles. The van der Waals surface area contributed by atoms with E-state index in [0.717, 1.165) is 11.3 Å². The van der Waals surface area contributed by atoms with Gasteiger partial charge in [-0.1, -0.05) is 30.3 Å². The molecule has 2 heterocycles. The molecule has 3 nitrogen and oxygen atoms in total. The van der Waals surface area contributed by atoms with Gasteiger partial charge in [0.05, 0.1) is 18.8 Å². The van der Waals surface area contributed by atoms with Crippen LogP contribution in [0.3, 0.4) is 0 Å². The minimum absolute atomic E-state index is 0.0864. The van der Waals surface area contributed by atoms with Gasteiger partial charge in [-0.15, -0.1) is 11.3 Å². The Labute approximate surface area is 122 Å². The molecule has 3 rings (SSSR count). The fourth-order valence-electron chi connectivity index (χ4n) is 2.54. The van der Waals surface area contributed by atoms with Crippen molar-refractivity contribution in [3.8, 4) is 0 Å². The second kappa shape index (κ2) is 6.06. The number of hydrogen-bond acceptors (Lipinski definition) is 4. The second-order valence-corrected chi connectivity index (χ2v) is 6.32. The van der Waals surface area contributed by atoms with Crippen LogP contribution >= 0.6 is 11.3 Å². The highest BCUT2D eigenvalue weighted by atomic mass is 32.1. The van der Waals surface area contributed by atoms with Gasteiger partial charge in [-0.25, -0.2) is 0 Å². The van der Waals surface area contributed by atoms with Crippen LogP contribution in [0.15, 0.2) is 42.5 Å². The smallest absolute Gasteiger partial charge is 0.107 e. The lowest BCUT2D eigenvalue weighted by Gasteiger charge is -2.10. The maximum atomic E-state index is 9.78.